The highest BCUT2D eigenvalue weighted by Gasteiger charge is 2.14. The Morgan fingerprint density at radius 3 is 2.48 bits per heavy atom. The van der Waals surface area contributed by atoms with Crippen molar-refractivity contribution in [1.82, 2.24) is 9.97 Å². The number of benzene rings is 1. The molecule has 0 spiro atoms. The molecule has 5 heteroatoms. The molecule has 1 aromatic heterocycles. The van der Waals surface area contributed by atoms with Gasteiger partial charge in [0.05, 0.1) is 13.2 Å². The number of rotatable bonds is 3. The fourth-order valence-electron chi connectivity index (χ4n) is 2.33. The van der Waals surface area contributed by atoms with Gasteiger partial charge >= 0.3 is 0 Å². The fourth-order valence-corrected chi connectivity index (χ4v) is 2.33. The van der Waals surface area contributed by atoms with Crippen molar-refractivity contribution in [2.24, 2.45) is 0 Å². The molecule has 0 saturated carbocycles. The molecule has 0 unspecified atom stereocenters. The molecule has 0 atom stereocenters. The van der Waals surface area contributed by atoms with E-state index in [0.29, 0.717) is 5.95 Å². The van der Waals surface area contributed by atoms with Gasteiger partial charge in [0.15, 0.2) is 0 Å². The molecule has 5 nitrogen and oxygen atoms in total. The lowest BCUT2D eigenvalue weighted by Gasteiger charge is -2.28. The lowest BCUT2D eigenvalue weighted by Crippen LogP contribution is -2.36. The number of ether oxygens (including phenoxy) is 1. The standard InChI is InChI=1S/C16H20N4O/c1-12-3-5-14(6-4-12)18-16-17-13(2)11-15(19-16)20-7-9-21-10-8-20/h3-6,11H,7-10H2,1-2H3,(H,17,18,19). The third kappa shape index (κ3) is 3.49. The van der Waals surface area contributed by atoms with Crippen molar-refractivity contribution in [3.05, 3.63) is 41.6 Å². The normalized spacial score (nSPS) is 15.0. The van der Waals surface area contributed by atoms with Gasteiger partial charge in [0.1, 0.15) is 5.82 Å². The van der Waals surface area contributed by atoms with E-state index in [1.54, 1.807) is 0 Å². The Labute approximate surface area is 125 Å². The third-order valence-corrected chi connectivity index (χ3v) is 3.48. The summed E-state index contributed by atoms with van der Waals surface area (Å²) in [5.41, 5.74) is 3.19. The second kappa shape index (κ2) is 6.10. The maximum Gasteiger partial charge on any atom is 0.229 e. The van der Waals surface area contributed by atoms with Gasteiger partial charge in [-0.3, -0.25) is 0 Å². The summed E-state index contributed by atoms with van der Waals surface area (Å²) in [4.78, 5) is 11.3. The van der Waals surface area contributed by atoms with Gasteiger partial charge in [-0.15, -0.1) is 0 Å². The van der Waals surface area contributed by atoms with Crippen LogP contribution in [0, 0.1) is 13.8 Å². The first-order valence-electron chi connectivity index (χ1n) is 7.23. The molecule has 21 heavy (non-hydrogen) atoms. The first-order valence-corrected chi connectivity index (χ1v) is 7.23. The van der Waals surface area contributed by atoms with E-state index in [1.165, 1.54) is 5.56 Å². The lowest BCUT2D eigenvalue weighted by atomic mass is 10.2. The molecule has 0 aliphatic carbocycles. The summed E-state index contributed by atoms with van der Waals surface area (Å²) in [6, 6.07) is 10.2. The lowest BCUT2D eigenvalue weighted by molar-refractivity contribution is 0.122. The smallest absolute Gasteiger partial charge is 0.229 e. The zero-order chi connectivity index (χ0) is 14.7. The summed E-state index contributed by atoms with van der Waals surface area (Å²) in [6.07, 6.45) is 0. The zero-order valence-corrected chi connectivity index (χ0v) is 12.5. The number of hydrogen-bond acceptors (Lipinski definition) is 5. The van der Waals surface area contributed by atoms with Gasteiger partial charge in [-0.2, -0.15) is 4.98 Å². The molecular weight excluding hydrogens is 264 g/mol. The highest BCUT2D eigenvalue weighted by Crippen LogP contribution is 2.19. The molecule has 1 N–H and O–H groups in total. The summed E-state index contributed by atoms with van der Waals surface area (Å²) in [6.45, 7) is 7.32. The van der Waals surface area contributed by atoms with Crippen LogP contribution in [0.2, 0.25) is 0 Å². The van der Waals surface area contributed by atoms with Crippen LogP contribution in [0.3, 0.4) is 0 Å². The van der Waals surface area contributed by atoms with E-state index in [0.717, 1.165) is 43.5 Å². The largest absolute Gasteiger partial charge is 0.378 e. The van der Waals surface area contributed by atoms with Crippen molar-refractivity contribution < 1.29 is 4.74 Å². The molecule has 1 aliphatic heterocycles. The maximum absolute atomic E-state index is 5.39. The summed E-state index contributed by atoms with van der Waals surface area (Å²) in [5.74, 6) is 1.60. The van der Waals surface area contributed by atoms with E-state index in [-0.39, 0.29) is 0 Å². The van der Waals surface area contributed by atoms with Gasteiger partial charge in [-0.05, 0) is 26.0 Å². The molecule has 0 amide bonds. The predicted molar refractivity (Wildman–Crippen MR) is 84.3 cm³/mol. The molecule has 110 valence electrons. The number of nitrogens with one attached hydrogen (secondary N) is 1. The Balaban J connectivity index is 1.81. The van der Waals surface area contributed by atoms with E-state index in [9.17, 15) is 0 Å². The van der Waals surface area contributed by atoms with Crippen molar-refractivity contribution in [3.8, 4) is 0 Å². The van der Waals surface area contributed by atoms with Crippen LogP contribution in [0.15, 0.2) is 30.3 Å². The maximum atomic E-state index is 5.39. The van der Waals surface area contributed by atoms with Crippen LogP contribution in [0.25, 0.3) is 0 Å². The van der Waals surface area contributed by atoms with Gasteiger partial charge in [0.2, 0.25) is 5.95 Å². The fraction of sp³-hybridized carbons (Fsp3) is 0.375. The SMILES string of the molecule is Cc1ccc(Nc2nc(C)cc(N3CCOCC3)n2)cc1. The Kier molecular flexibility index (Phi) is 4.01. The molecule has 1 aliphatic rings. The Hall–Kier alpha value is -2.14. The van der Waals surface area contributed by atoms with Crippen LogP contribution >= 0.6 is 0 Å². The Morgan fingerprint density at radius 1 is 1.05 bits per heavy atom. The first kappa shape index (κ1) is 13.8. The molecule has 0 radical (unpaired) electrons. The number of nitrogens with zero attached hydrogens (tertiary/aromatic N) is 3. The molecule has 0 bridgehead atoms. The minimum Gasteiger partial charge on any atom is -0.378 e. The third-order valence-electron chi connectivity index (χ3n) is 3.48. The van der Waals surface area contributed by atoms with E-state index in [2.05, 4.69) is 39.2 Å². The minimum absolute atomic E-state index is 0.639. The number of aryl methyl sites for hydroxylation is 2. The summed E-state index contributed by atoms with van der Waals surface area (Å²) in [7, 11) is 0. The molecule has 2 aromatic rings. The molecule has 1 aromatic carbocycles. The van der Waals surface area contributed by atoms with Crippen LogP contribution < -0.4 is 10.2 Å². The Bertz CT molecular complexity index is 606. The van der Waals surface area contributed by atoms with E-state index in [1.807, 2.05) is 25.1 Å². The molecule has 3 rings (SSSR count). The number of morpholine rings is 1. The van der Waals surface area contributed by atoms with Crippen molar-refractivity contribution in [3.63, 3.8) is 0 Å². The van der Waals surface area contributed by atoms with Crippen molar-refractivity contribution in [2.45, 2.75) is 13.8 Å². The molecular formula is C16H20N4O. The summed E-state index contributed by atoms with van der Waals surface area (Å²) in [5, 5.41) is 3.27. The molecule has 1 fully saturated rings. The van der Waals surface area contributed by atoms with E-state index < -0.39 is 0 Å². The van der Waals surface area contributed by atoms with Gasteiger partial charge in [0, 0.05) is 30.5 Å². The zero-order valence-electron chi connectivity index (χ0n) is 12.5. The van der Waals surface area contributed by atoms with Crippen LogP contribution in [0.1, 0.15) is 11.3 Å². The first-order chi connectivity index (χ1) is 10.2. The number of anilines is 3. The van der Waals surface area contributed by atoms with Crippen LogP contribution in [-0.4, -0.2) is 36.3 Å². The van der Waals surface area contributed by atoms with Gasteiger partial charge < -0.3 is 15.0 Å². The number of aromatic nitrogens is 2. The van der Waals surface area contributed by atoms with E-state index in [4.69, 9.17) is 4.74 Å². The molecule has 1 saturated heterocycles. The second-order valence-corrected chi connectivity index (χ2v) is 5.28. The van der Waals surface area contributed by atoms with Crippen molar-refractivity contribution in [2.75, 3.05) is 36.5 Å². The van der Waals surface area contributed by atoms with Crippen LogP contribution in [0.5, 0.6) is 0 Å². The summed E-state index contributed by atoms with van der Waals surface area (Å²) < 4.78 is 5.39. The highest BCUT2D eigenvalue weighted by molar-refractivity contribution is 5.56. The highest BCUT2D eigenvalue weighted by atomic mass is 16.5. The van der Waals surface area contributed by atoms with Gasteiger partial charge in [-0.25, -0.2) is 4.98 Å². The van der Waals surface area contributed by atoms with Crippen molar-refractivity contribution >= 4 is 17.5 Å². The van der Waals surface area contributed by atoms with E-state index >= 15 is 0 Å². The minimum atomic E-state index is 0.639. The van der Waals surface area contributed by atoms with Gasteiger partial charge in [0.25, 0.3) is 0 Å². The van der Waals surface area contributed by atoms with Gasteiger partial charge in [-0.1, -0.05) is 17.7 Å². The summed E-state index contributed by atoms with van der Waals surface area (Å²) >= 11 is 0. The predicted octanol–water partition coefficient (Wildman–Crippen LogP) is 2.67. The van der Waals surface area contributed by atoms with Crippen LogP contribution in [-0.2, 0) is 4.74 Å². The quantitative estimate of drug-likeness (QED) is 0.939. The Morgan fingerprint density at radius 2 is 1.76 bits per heavy atom. The average Bonchev–Trinajstić information content (AvgIpc) is 2.50. The number of hydrogen-bond donors (Lipinski definition) is 1. The van der Waals surface area contributed by atoms with Crippen molar-refractivity contribution in [1.29, 1.82) is 0 Å². The van der Waals surface area contributed by atoms with Crippen LogP contribution in [0.4, 0.5) is 17.5 Å². The topological polar surface area (TPSA) is 50.3 Å². The molecule has 2 heterocycles. The average molecular weight is 284 g/mol. The monoisotopic (exact) mass is 284 g/mol. The second-order valence-electron chi connectivity index (χ2n) is 5.28.